The van der Waals surface area contributed by atoms with E-state index in [4.69, 9.17) is 0 Å². The van der Waals surface area contributed by atoms with Crippen LogP contribution in [0.25, 0.3) is 0 Å². The van der Waals surface area contributed by atoms with E-state index in [9.17, 15) is 16.8 Å². The highest BCUT2D eigenvalue weighted by Gasteiger charge is 2.23. The zero-order valence-electron chi connectivity index (χ0n) is 15.9. The molecule has 0 fully saturated rings. The number of hydrogen-bond acceptors (Lipinski definition) is 5. The van der Waals surface area contributed by atoms with Gasteiger partial charge in [0.2, 0.25) is 19.9 Å². The fourth-order valence-electron chi connectivity index (χ4n) is 2.94. The van der Waals surface area contributed by atoms with E-state index in [2.05, 4.69) is 9.71 Å². The topological polar surface area (TPSA) is 93.2 Å². The third-order valence-corrected chi connectivity index (χ3v) is 7.84. The summed E-state index contributed by atoms with van der Waals surface area (Å²) < 4.78 is 54.2. The molecule has 3 rings (SSSR count). The number of benzene rings is 2. The first kappa shape index (κ1) is 21.2. The summed E-state index contributed by atoms with van der Waals surface area (Å²) in [7, 11) is -7.68. The van der Waals surface area contributed by atoms with Gasteiger partial charge in [-0.1, -0.05) is 31.2 Å². The highest BCUT2D eigenvalue weighted by Crippen LogP contribution is 2.26. The lowest BCUT2D eigenvalue weighted by Gasteiger charge is -2.13. The van der Waals surface area contributed by atoms with Crippen LogP contribution in [-0.2, 0) is 32.7 Å². The maximum Gasteiger partial charge on any atom is 0.240 e. The van der Waals surface area contributed by atoms with Gasteiger partial charge in [-0.05, 0) is 60.4 Å². The van der Waals surface area contributed by atoms with E-state index in [1.165, 1.54) is 24.3 Å². The van der Waals surface area contributed by atoms with Gasteiger partial charge in [0.1, 0.15) is 0 Å². The Morgan fingerprint density at radius 2 is 1.55 bits per heavy atom. The number of rotatable bonds is 8. The van der Waals surface area contributed by atoms with E-state index >= 15 is 0 Å². The van der Waals surface area contributed by atoms with Gasteiger partial charge in [0, 0.05) is 18.9 Å². The van der Waals surface area contributed by atoms with Gasteiger partial charge in [-0.3, -0.25) is 4.98 Å². The maximum atomic E-state index is 12.9. The van der Waals surface area contributed by atoms with Crippen molar-refractivity contribution in [2.75, 3.05) is 6.54 Å². The van der Waals surface area contributed by atoms with Crippen LogP contribution in [0.3, 0.4) is 0 Å². The summed E-state index contributed by atoms with van der Waals surface area (Å²) >= 11 is 0. The number of nitrogens with one attached hydrogen (secondary N) is 1. The van der Waals surface area contributed by atoms with Gasteiger partial charge >= 0.3 is 0 Å². The van der Waals surface area contributed by atoms with Crippen molar-refractivity contribution in [1.29, 1.82) is 0 Å². The summed E-state index contributed by atoms with van der Waals surface area (Å²) in [5, 5.41) is 0. The Labute approximate surface area is 171 Å². The molecule has 152 valence electrons. The molecule has 0 amide bonds. The Morgan fingerprint density at radius 3 is 2.21 bits per heavy atom. The summed E-state index contributed by atoms with van der Waals surface area (Å²) in [6.07, 6.45) is 4.27. The standard InChI is InChI=1S/C21H22N2O4S2/c1-2-18-8-9-20(28(24,25)19-6-4-3-5-7-19)16-21(18)29(26,27)23-15-12-17-10-13-22-14-11-17/h3-11,13-14,16,23H,2,12,15H2,1H3. The van der Waals surface area contributed by atoms with Crippen LogP contribution < -0.4 is 4.72 Å². The number of aromatic nitrogens is 1. The Hall–Kier alpha value is -2.55. The summed E-state index contributed by atoms with van der Waals surface area (Å²) in [5.74, 6) is 0. The second kappa shape index (κ2) is 8.86. The summed E-state index contributed by atoms with van der Waals surface area (Å²) in [4.78, 5) is 4.00. The number of sulfone groups is 1. The first-order chi connectivity index (χ1) is 13.8. The second-order valence-electron chi connectivity index (χ2n) is 6.44. The third-order valence-electron chi connectivity index (χ3n) is 4.53. The zero-order valence-corrected chi connectivity index (χ0v) is 17.6. The molecule has 1 heterocycles. The fourth-order valence-corrected chi connectivity index (χ4v) is 5.69. The van der Waals surface area contributed by atoms with E-state index in [0.29, 0.717) is 18.4 Å². The van der Waals surface area contributed by atoms with Gasteiger partial charge in [0.25, 0.3) is 0 Å². The van der Waals surface area contributed by atoms with Crippen LogP contribution in [0, 0.1) is 0 Å². The van der Waals surface area contributed by atoms with Crippen LogP contribution in [0.1, 0.15) is 18.1 Å². The highest BCUT2D eigenvalue weighted by molar-refractivity contribution is 7.91. The molecule has 0 saturated heterocycles. The summed E-state index contributed by atoms with van der Waals surface area (Å²) in [6.45, 7) is 2.03. The molecule has 0 spiro atoms. The van der Waals surface area contributed by atoms with Crippen molar-refractivity contribution in [1.82, 2.24) is 9.71 Å². The lowest BCUT2D eigenvalue weighted by atomic mass is 10.2. The third kappa shape index (κ3) is 4.90. The molecule has 0 radical (unpaired) electrons. The Bertz CT molecular complexity index is 1180. The fraction of sp³-hybridized carbons (Fsp3) is 0.190. The average molecular weight is 431 g/mol. The molecule has 8 heteroatoms. The molecule has 0 saturated carbocycles. The molecule has 3 aromatic rings. The second-order valence-corrected chi connectivity index (χ2v) is 10.1. The van der Waals surface area contributed by atoms with E-state index < -0.39 is 19.9 Å². The minimum Gasteiger partial charge on any atom is -0.265 e. The molecule has 0 aliphatic carbocycles. The van der Waals surface area contributed by atoms with E-state index in [1.54, 1.807) is 36.7 Å². The van der Waals surface area contributed by atoms with Crippen LogP contribution in [0.5, 0.6) is 0 Å². The van der Waals surface area contributed by atoms with Crippen LogP contribution in [0.15, 0.2) is 87.7 Å². The molecule has 0 aliphatic rings. The van der Waals surface area contributed by atoms with Gasteiger partial charge in [0.05, 0.1) is 14.7 Å². The predicted octanol–water partition coefficient (Wildman–Crippen LogP) is 3.00. The van der Waals surface area contributed by atoms with Crippen molar-refractivity contribution in [2.24, 2.45) is 0 Å². The van der Waals surface area contributed by atoms with Gasteiger partial charge in [-0.2, -0.15) is 0 Å². The van der Waals surface area contributed by atoms with Crippen molar-refractivity contribution < 1.29 is 16.8 Å². The molecule has 2 aromatic carbocycles. The largest absolute Gasteiger partial charge is 0.265 e. The smallest absolute Gasteiger partial charge is 0.240 e. The molecule has 0 bridgehead atoms. The molecule has 0 aliphatic heterocycles. The molecule has 1 N–H and O–H groups in total. The quantitative estimate of drug-likeness (QED) is 0.593. The van der Waals surface area contributed by atoms with Crippen molar-refractivity contribution in [3.8, 4) is 0 Å². The van der Waals surface area contributed by atoms with Crippen LogP contribution >= 0.6 is 0 Å². The van der Waals surface area contributed by atoms with Gasteiger partial charge < -0.3 is 0 Å². The molecule has 6 nitrogen and oxygen atoms in total. The van der Waals surface area contributed by atoms with Gasteiger partial charge in [-0.15, -0.1) is 0 Å². The Balaban J connectivity index is 1.90. The number of hydrogen-bond donors (Lipinski definition) is 1. The molecule has 29 heavy (non-hydrogen) atoms. The molecule has 0 unspecified atom stereocenters. The van der Waals surface area contributed by atoms with Crippen LogP contribution in [-0.4, -0.2) is 28.4 Å². The molecule has 1 aromatic heterocycles. The molecular formula is C21H22N2O4S2. The average Bonchev–Trinajstić information content (AvgIpc) is 2.74. The number of aryl methyl sites for hydroxylation is 1. The maximum absolute atomic E-state index is 12.9. The normalized spacial score (nSPS) is 12.0. The lowest BCUT2D eigenvalue weighted by Crippen LogP contribution is -2.27. The van der Waals surface area contributed by atoms with Crippen molar-refractivity contribution in [3.05, 3.63) is 84.2 Å². The van der Waals surface area contributed by atoms with Crippen molar-refractivity contribution in [3.63, 3.8) is 0 Å². The first-order valence-electron chi connectivity index (χ1n) is 9.16. The lowest BCUT2D eigenvalue weighted by molar-refractivity contribution is 0.580. The number of sulfonamides is 1. The first-order valence-corrected chi connectivity index (χ1v) is 12.1. The monoisotopic (exact) mass is 430 g/mol. The van der Waals surface area contributed by atoms with Crippen molar-refractivity contribution >= 4 is 19.9 Å². The van der Waals surface area contributed by atoms with Gasteiger partial charge in [-0.25, -0.2) is 21.6 Å². The zero-order chi connectivity index (χ0) is 20.9. The molecule has 0 atom stereocenters. The predicted molar refractivity (Wildman–Crippen MR) is 111 cm³/mol. The van der Waals surface area contributed by atoms with Crippen LogP contribution in [0.4, 0.5) is 0 Å². The minimum absolute atomic E-state index is 0.00765. The summed E-state index contributed by atoms with van der Waals surface area (Å²) in [5.41, 5.74) is 1.52. The number of pyridine rings is 1. The van der Waals surface area contributed by atoms with E-state index in [1.807, 2.05) is 19.1 Å². The minimum atomic E-state index is -3.87. The van der Waals surface area contributed by atoms with Crippen LogP contribution in [0.2, 0.25) is 0 Å². The van der Waals surface area contributed by atoms with E-state index in [-0.39, 0.29) is 21.2 Å². The Kier molecular flexibility index (Phi) is 6.46. The number of nitrogens with zero attached hydrogens (tertiary/aromatic N) is 1. The Morgan fingerprint density at radius 1 is 0.862 bits per heavy atom. The SMILES string of the molecule is CCc1ccc(S(=O)(=O)c2ccccc2)cc1S(=O)(=O)NCCc1ccncc1. The molecular weight excluding hydrogens is 408 g/mol. The van der Waals surface area contributed by atoms with E-state index in [0.717, 1.165) is 5.56 Å². The van der Waals surface area contributed by atoms with Crippen molar-refractivity contribution in [2.45, 2.75) is 34.5 Å². The van der Waals surface area contributed by atoms with Gasteiger partial charge in [0.15, 0.2) is 0 Å². The highest BCUT2D eigenvalue weighted by atomic mass is 32.2. The summed E-state index contributed by atoms with van der Waals surface area (Å²) in [6, 6.07) is 15.9.